The molecule has 1 aromatic carbocycles. The Morgan fingerprint density at radius 2 is 2.05 bits per heavy atom. The second-order valence-corrected chi connectivity index (χ2v) is 4.52. The molecule has 20 heavy (non-hydrogen) atoms. The maximum absolute atomic E-state index is 12.9. The van der Waals surface area contributed by atoms with Crippen molar-refractivity contribution in [3.8, 4) is 6.07 Å². The van der Waals surface area contributed by atoms with Gasteiger partial charge in [0.25, 0.3) is 0 Å². The van der Waals surface area contributed by atoms with Crippen LogP contribution in [0.1, 0.15) is 25.0 Å². The third kappa shape index (κ3) is 3.33. The minimum absolute atomic E-state index is 0.00924. The molecule has 0 atom stereocenters. The number of hydrogen-bond donors (Lipinski definition) is 0. The second kappa shape index (κ2) is 6.01. The highest BCUT2D eigenvalue weighted by Crippen LogP contribution is 2.34. The van der Waals surface area contributed by atoms with Gasteiger partial charge in [0, 0.05) is 11.6 Å². The van der Waals surface area contributed by atoms with Gasteiger partial charge in [0.05, 0.1) is 22.7 Å². The first-order valence-electron chi connectivity index (χ1n) is 5.62. The van der Waals surface area contributed by atoms with Crippen molar-refractivity contribution in [1.82, 2.24) is 0 Å². The number of benzene rings is 1. The smallest absolute Gasteiger partial charge is 0.277 e. The van der Waals surface area contributed by atoms with Crippen LogP contribution >= 0.6 is 12.2 Å². The van der Waals surface area contributed by atoms with Crippen LogP contribution in [0.2, 0.25) is 0 Å². The number of nitrogens with zero attached hydrogens (tertiary/aromatic N) is 2. The van der Waals surface area contributed by atoms with Gasteiger partial charge in [-0.2, -0.15) is 18.4 Å². The van der Waals surface area contributed by atoms with Crippen LogP contribution in [0.25, 0.3) is 0 Å². The molecule has 0 fully saturated rings. The number of thiocarbonyl (C=S) groups is 1. The molecule has 0 unspecified atom stereocenters. The number of nitriles is 1. The fourth-order valence-corrected chi connectivity index (χ4v) is 1.76. The lowest BCUT2D eigenvalue weighted by atomic mass is 10.1. The molecule has 0 radical (unpaired) electrons. The van der Waals surface area contributed by atoms with Gasteiger partial charge in [-0.25, -0.2) is 0 Å². The molecule has 0 bridgehead atoms. The standard InChI is InChI=1S/C13H11F3N2OS/c1-8(2)12(19)18(7-20)10-4-3-9(6-17)11(5-10)13(14,15)16/h3-5,7-8H,1-2H3. The zero-order chi connectivity index (χ0) is 15.5. The first kappa shape index (κ1) is 16.1. The quantitative estimate of drug-likeness (QED) is 0.802. The molecule has 1 aromatic rings. The fourth-order valence-electron chi connectivity index (χ4n) is 1.53. The summed E-state index contributed by atoms with van der Waals surface area (Å²) in [6.45, 7) is 3.23. The van der Waals surface area contributed by atoms with Gasteiger partial charge >= 0.3 is 6.18 Å². The number of amides is 1. The summed E-state index contributed by atoms with van der Waals surface area (Å²) in [4.78, 5) is 12.8. The Labute approximate surface area is 119 Å². The average Bonchev–Trinajstić information content (AvgIpc) is 2.38. The summed E-state index contributed by atoms with van der Waals surface area (Å²) in [7, 11) is 0. The summed E-state index contributed by atoms with van der Waals surface area (Å²) >= 11 is 4.68. The Kier molecular flexibility index (Phi) is 4.84. The molecule has 0 heterocycles. The van der Waals surface area contributed by atoms with Gasteiger partial charge < -0.3 is 0 Å². The van der Waals surface area contributed by atoms with Crippen molar-refractivity contribution in [3.05, 3.63) is 29.3 Å². The van der Waals surface area contributed by atoms with Crippen molar-refractivity contribution in [2.24, 2.45) is 5.92 Å². The number of rotatable bonds is 3. The van der Waals surface area contributed by atoms with Crippen LogP contribution in [0.4, 0.5) is 18.9 Å². The maximum atomic E-state index is 12.9. The molecule has 106 valence electrons. The van der Waals surface area contributed by atoms with Crippen LogP contribution in [-0.2, 0) is 11.0 Å². The van der Waals surface area contributed by atoms with E-state index in [0.717, 1.165) is 22.5 Å². The predicted molar refractivity (Wildman–Crippen MR) is 72.1 cm³/mol. The van der Waals surface area contributed by atoms with E-state index in [1.807, 2.05) is 0 Å². The molecule has 0 saturated heterocycles. The van der Waals surface area contributed by atoms with E-state index in [0.29, 0.717) is 0 Å². The monoisotopic (exact) mass is 300 g/mol. The largest absolute Gasteiger partial charge is 0.417 e. The Balaban J connectivity index is 3.38. The Bertz CT molecular complexity index is 576. The molecule has 1 rings (SSSR count). The molecule has 0 aliphatic heterocycles. The highest BCUT2D eigenvalue weighted by atomic mass is 32.1. The van der Waals surface area contributed by atoms with Crippen molar-refractivity contribution >= 4 is 29.3 Å². The van der Waals surface area contributed by atoms with E-state index >= 15 is 0 Å². The topological polar surface area (TPSA) is 44.1 Å². The lowest BCUT2D eigenvalue weighted by Gasteiger charge is -2.21. The van der Waals surface area contributed by atoms with Crippen LogP contribution in [0.3, 0.4) is 0 Å². The molecule has 3 nitrogen and oxygen atoms in total. The third-order valence-electron chi connectivity index (χ3n) is 2.54. The highest BCUT2D eigenvalue weighted by molar-refractivity contribution is 7.79. The summed E-state index contributed by atoms with van der Waals surface area (Å²) in [5.74, 6) is -0.836. The van der Waals surface area contributed by atoms with E-state index in [-0.39, 0.29) is 5.69 Å². The number of hydrogen-bond acceptors (Lipinski definition) is 3. The van der Waals surface area contributed by atoms with Crippen molar-refractivity contribution in [2.75, 3.05) is 4.90 Å². The minimum atomic E-state index is -4.67. The maximum Gasteiger partial charge on any atom is 0.417 e. The summed E-state index contributed by atoms with van der Waals surface area (Å²) in [5, 5.41) is 8.71. The van der Waals surface area contributed by atoms with Crippen LogP contribution in [0.15, 0.2) is 18.2 Å². The molecule has 7 heteroatoms. The first-order valence-corrected chi connectivity index (χ1v) is 6.09. The zero-order valence-electron chi connectivity index (χ0n) is 10.7. The summed E-state index contributed by atoms with van der Waals surface area (Å²) in [6, 6.07) is 4.52. The summed E-state index contributed by atoms with van der Waals surface area (Å²) in [5.41, 5.74) is -0.604. The molecular weight excluding hydrogens is 289 g/mol. The fraction of sp³-hybridized carbons (Fsp3) is 0.308. The SMILES string of the molecule is CC(C)C(=O)N(C=S)c1ccc(C#N)c(C(F)(F)F)c1. The van der Waals surface area contributed by atoms with Gasteiger partial charge in [-0.1, -0.05) is 26.1 Å². The average molecular weight is 300 g/mol. The minimum Gasteiger partial charge on any atom is -0.277 e. The number of carbonyl (C=O) groups excluding carboxylic acids is 1. The van der Waals surface area contributed by atoms with Crippen molar-refractivity contribution < 1.29 is 18.0 Å². The number of halogens is 3. The molecule has 0 spiro atoms. The lowest BCUT2D eigenvalue weighted by Crippen LogP contribution is -2.32. The summed E-state index contributed by atoms with van der Waals surface area (Å²) < 4.78 is 38.6. The van der Waals surface area contributed by atoms with E-state index < -0.39 is 29.1 Å². The predicted octanol–water partition coefficient (Wildman–Crippen LogP) is 3.52. The molecule has 1 amide bonds. The van der Waals surface area contributed by atoms with E-state index in [9.17, 15) is 18.0 Å². The molecule has 0 N–H and O–H groups in total. The Morgan fingerprint density at radius 3 is 2.45 bits per heavy atom. The van der Waals surface area contributed by atoms with Crippen LogP contribution in [-0.4, -0.2) is 11.4 Å². The van der Waals surface area contributed by atoms with Crippen molar-refractivity contribution in [2.45, 2.75) is 20.0 Å². The number of alkyl halides is 3. The van der Waals surface area contributed by atoms with Gasteiger partial charge in [0.15, 0.2) is 0 Å². The van der Waals surface area contributed by atoms with Gasteiger partial charge in [-0.3, -0.25) is 9.69 Å². The van der Waals surface area contributed by atoms with E-state index in [1.54, 1.807) is 13.8 Å². The highest BCUT2D eigenvalue weighted by Gasteiger charge is 2.34. The third-order valence-corrected chi connectivity index (χ3v) is 2.75. The first-order chi connectivity index (χ1) is 9.22. The molecule has 0 aromatic heterocycles. The van der Waals surface area contributed by atoms with Crippen molar-refractivity contribution in [1.29, 1.82) is 5.26 Å². The molecular formula is C13H11F3N2OS. The van der Waals surface area contributed by atoms with Crippen LogP contribution in [0, 0.1) is 17.2 Å². The molecule has 0 saturated carbocycles. The van der Waals surface area contributed by atoms with Gasteiger partial charge in [-0.15, -0.1) is 0 Å². The zero-order valence-corrected chi connectivity index (χ0v) is 11.5. The van der Waals surface area contributed by atoms with Gasteiger partial charge in [-0.05, 0) is 18.2 Å². The van der Waals surface area contributed by atoms with Crippen LogP contribution in [0.5, 0.6) is 0 Å². The van der Waals surface area contributed by atoms with Crippen molar-refractivity contribution in [3.63, 3.8) is 0 Å². The Hall–Kier alpha value is -1.94. The lowest BCUT2D eigenvalue weighted by molar-refractivity contribution is -0.137. The van der Waals surface area contributed by atoms with Gasteiger partial charge in [0.2, 0.25) is 5.91 Å². The number of carbonyl (C=O) groups is 1. The molecule has 0 aliphatic carbocycles. The van der Waals surface area contributed by atoms with Gasteiger partial charge in [0.1, 0.15) is 0 Å². The molecule has 0 aliphatic rings. The summed E-state index contributed by atoms with van der Waals surface area (Å²) in [6.07, 6.45) is -4.67. The van der Waals surface area contributed by atoms with E-state index in [1.165, 1.54) is 12.1 Å². The van der Waals surface area contributed by atoms with E-state index in [2.05, 4.69) is 12.2 Å². The second-order valence-electron chi connectivity index (χ2n) is 4.31. The number of anilines is 1. The van der Waals surface area contributed by atoms with E-state index in [4.69, 9.17) is 5.26 Å². The normalized spacial score (nSPS) is 11.1. The Morgan fingerprint density at radius 1 is 1.45 bits per heavy atom. The van der Waals surface area contributed by atoms with Crippen LogP contribution < -0.4 is 4.90 Å².